The smallest absolute Gasteiger partial charge is 0.128 e. The Morgan fingerprint density at radius 1 is 1.37 bits per heavy atom. The van der Waals surface area contributed by atoms with Crippen LogP contribution in [0.4, 0.5) is 4.39 Å². The number of halogens is 1. The summed E-state index contributed by atoms with van der Waals surface area (Å²) in [6.45, 7) is 7.94. The Labute approximate surface area is 115 Å². The first-order chi connectivity index (χ1) is 9.11. The zero-order valence-corrected chi connectivity index (χ0v) is 12.1. The standard InChI is InChI=1S/C16H24FNO/c1-4-16(3)14(18-5-2)10-15(16)19-11-12-8-6-7-9-13(12)17/h6-9,14-15,18H,4-5,10-11H2,1-3H3. The van der Waals surface area contributed by atoms with Gasteiger partial charge in [-0.15, -0.1) is 0 Å². The highest BCUT2D eigenvalue weighted by molar-refractivity contribution is 5.16. The Kier molecular flexibility index (Phi) is 4.58. The van der Waals surface area contributed by atoms with Gasteiger partial charge in [0.05, 0.1) is 12.7 Å². The third-order valence-electron chi connectivity index (χ3n) is 4.59. The SMILES string of the molecule is CCNC1CC(OCc2ccccc2F)C1(C)CC. The maximum absolute atomic E-state index is 13.5. The molecule has 1 fully saturated rings. The summed E-state index contributed by atoms with van der Waals surface area (Å²) >= 11 is 0. The molecule has 3 unspecified atom stereocenters. The van der Waals surface area contributed by atoms with Crippen LogP contribution < -0.4 is 5.32 Å². The Bertz CT molecular complexity index is 423. The zero-order valence-electron chi connectivity index (χ0n) is 12.1. The van der Waals surface area contributed by atoms with E-state index in [4.69, 9.17) is 4.74 Å². The molecule has 3 heteroatoms. The molecule has 1 aliphatic rings. The second-order valence-electron chi connectivity index (χ2n) is 5.60. The van der Waals surface area contributed by atoms with E-state index < -0.39 is 0 Å². The predicted octanol–water partition coefficient (Wildman–Crippen LogP) is 3.51. The van der Waals surface area contributed by atoms with E-state index in [1.807, 2.05) is 6.07 Å². The van der Waals surface area contributed by atoms with E-state index in [2.05, 4.69) is 26.1 Å². The lowest BCUT2D eigenvalue weighted by Crippen LogP contribution is -2.62. The van der Waals surface area contributed by atoms with Gasteiger partial charge in [-0.25, -0.2) is 4.39 Å². The van der Waals surface area contributed by atoms with Crippen molar-refractivity contribution >= 4 is 0 Å². The molecule has 3 atom stereocenters. The second kappa shape index (κ2) is 6.02. The van der Waals surface area contributed by atoms with E-state index in [1.165, 1.54) is 6.07 Å². The van der Waals surface area contributed by atoms with Gasteiger partial charge in [0.15, 0.2) is 0 Å². The minimum absolute atomic E-state index is 0.168. The molecule has 0 saturated heterocycles. The number of hydrogen-bond acceptors (Lipinski definition) is 2. The van der Waals surface area contributed by atoms with Gasteiger partial charge in [-0.2, -0.15) is 0 Å². The average molecular weight is 265 g/mol. The summed E-state index contributed by atoms with van der Waals surface area (Å²) < 4.78 is 19.5. The first kappa shape index (κ1) is 14.5. The lowest BCUT2D eigenvalue weighted by molar-refractivity contribution is -0.135. The van der Waals surface area contributed by atoms with Crippen molar-refractivity contribution in [3.63, 3.8) is 0 Å². The lowest BCUT2D eigenvalue weighted by atomic mass is 9.61. The fourth-order valence-electron chi connectivity index (χ4n) is 2.92. The normalized spacial score (nSPS) is 30.1. The Balaban J connectivity index is 1.92. The summed E-state index contributed by atoms with van der Waals surface area (Å²) in [6, 6.07) is 7.36. The highest BCUT2D eigenvalue weighted by Crippen LogP contribution is 2.46. The minimum Gasteiger partial charge on any atom is -0.373 e. The lowest BCUT2D eigenvalue weighted by Gasteiger charge is -2.53. The van der Waals surface area contributed by atoms with Gasteiger partial charge < -0.3 is 10.1 Å². The Morgan fingerprint density at radius 2 is 2.11 bits per heavy atom. The monoisotopic (exact) mass is 265 g/mol. The quantitative estimate of drug-likeness (QED) is 0.850. The van der Waals surface area contributed by atoms with Crippen LogP contribution in [0.2, 0.25) is 0 Å². The van der Waals surface area contributed by atoms with E-state index >= 15 is 0 Å². The van der Waals surface area contributed by atoms with Crippen molar-refractivity contribution in [1.82, 2.24) is 5.32 Å². The van der Waals surface area contributed by atoms with E-state index in [9.17, 15) is 4.39 Å². The van der Waals surface area contributed by atoms with E-state index in [-0.39, 0.29) is 17.3 Å². The summed E-state index contributed by atoms with van der Waals surface area (Å²) in [5.41, 5.74) is 0.814. The van der Waals surface area contributed by atoms with Gasteiger partial charge in [-0.1, -0.05) is 39.0 Å². The molecule has 0 spiro atoms. The van der Waals surface area contributed by atoms with Crippen molar-refractivity contribution < 1.29 is 9.13 Å². The molecular formula is C16H24FNO. The largest absolute Gasteiger partial charge is 0.373 e. The van der Waals surface area contributed by atoms with Crippen LogP contribution in [0.1, 0.15) is 39.2 Å². The molecule has 0 aliphatic heterocycles. The maximum Gasteiger partial charge on any atom is 0.128 e. The number of ether oxygens (including phenoxy) is 1. The van der Waals surface area contributed by atoms with Gasteiger partial charge in [0.2, 0.25) is 0 Å². The molecule has 1 saturated carbocycles. The molecule has 1 aliphatic carbocycles. The van der Waals surface area contributed by atoms with Gasteiger partial charge in [0, 0.05) is 17.0 Å². The summed E-state index contributed by atoms with van der Waals surface area (Å²) in [6.07, 6.45) is 2.32. The molecule has 0 aromatic heterocycles. The summed E-state index contributed by atoms with van der Waals surface area (Å²) in [5, 5.41) is 3.51. The van der Waals surface area contributed by atoms with Crippen molar-refractivity contribution in [1.29, 1.82) is 0 Å². The minimum atomic E-state index is -0.178. The summed E-state index contributed by atoms with van der Waals surface area (Å²) in [5.74, 6) is -0.178. The topological polar surface area (TPSA) is 21.3 Å². The predicted molar refractivity (Wildman–Crippen MR) is 75.5 cm³/mol. The number of rotatable bonds is 6. The molecule has 1 aromatic rings. The van der Waals surface area contributed by atoms with E-state index in [0.717, 1.165) is 19.4 Å². The summed E-state index contributed by atoms with van der Waals surface area (Å²) in [4.78, 5) is 0. The Morgan fingerprint density at radius 3 is 2.74 bits per heavy atom. The number of nitrogens with one attached hydrogen (secondary N) is 1. The van der Waals surface area contributed by atoms with Crippen LogP contribution in [0.3, 0.4) is 0 Å². The molecule has 1 aromatic carbocycles. The van der Waals surface area contributed by atoms with Crippen molar-refractivity contribution in [2.24, 2.45) is 5.41 Å². The third-order valence-corrected chi connectivity index (χ3v) is 4.59. The maximum atomic E-state index is 13.5. The van der Waals surface area contributed by atoms with Crippen molar-refractivity contribution in [2.75, 3.05) is 6.54 Å². The van der Waals surface area contributed by atoms with Gasteiger partial charge in [0.25, 0.3) is 0 Å². The highest BCUT2D eigenvalue weighted by Gasteiger charge is 2.50. The molecule has 2 nitrogen and oxygen atoms in total. The average Bonchev–Trinajstić information content (AvgIpc) is 2.42. The molecule has 0 bridgehead atoms. The van der Waals surface area contributed by atoms with Crippen LogP contribution in [0.25, 0.3) is 0 Å². The van der Waals surface area contributed by atoms with Gasteiger partial charge in [-0.3, -0.25) is 0 Å². The van der Waals surface area contributed by atoms with Crippen LogP contribution in [0, 0.1) is 11.2 Å². The highest BCUT2D eigenvalue weighted by atomic mass is 19.1. The third kappa shape index (κ3) is 2.82. The number of benzene rings is 1. The van der Waals surface area contributed by atoms with Crippen LogP contribution in [-0.4, -0.2) is 18.7 Å². The van der Waals surface area contributed by atoms with Crippen LogP contribution in [0.15, 0.2) is 24.3 Å². The van der Waals surface area contributed by atoms with E-state index in [0.29, 0.717) is 18.2 Å². The first-order valence-electron chi connectivity index (χ1n) is 7.20. The van der Waals surface area contributed by atoms with Crippen LogP contribution in [-0.2, 0) is 11.3 Å². The van der Waals surface area contributed by atoms with Crippen molar-refractivity contribution in [3.8, 4) is 0 Å². The fraction of sp³-hybridized carbons (Fsp3) is 0.625. The van der Waals surface area contributed by atoms with Gasteiger partial charge in [-0.05, 0) is 25.5 Å². The molecule has 1 N–H and O–H groups in total. The van der Waals surface area contributed by atoms with Gasteiger partial charge in [0.1, 0.15) is 5.82 Å². The molecule has 0 heterocycles. The summed E-state index contributed by atoms with van der Waals surface area (Å²) in [7, 11) is 0. The van der Waals surface area contributed by atoms with Crippen LogP contribution in [0.5, 0.6) is 0 Å². The molecule has 0 amide bonds. The molecular weight excluding hydrogens is 241 g/mol. The van der Waals surface area contributed by atoms with Gasteiger partial charge >= 0.3 is 0 Å². The van der Waals surface area contributed by atoms with Crippen molar-refractivity contribution in [3.05, 3.63) is 35.6 Å². The number of hydrogen-bond donors (Lipinski definition) is 1. The molecule has 2 rings (SSSR count). The second-order valence-corrected chi connectivity index (χ2v) is 5.60. The van der Waals surface area contributed by atoms with Crippen molar-refractivity contribution in [2.45, 2.75) is 52.4 Å². The fourth-order valence-corrected chi connectivity index (χ4v) is 2.92. The molecule has 19 heavy (non-hydrogen) atoms. The molecule has 106 valence electrons. The van der Waals surface area contributed by atoms with E-state index in [1.54, 1.807) is 12.1 Å². The van der Waals surface area contributed by atoms with Crippen LogP contribution >= 0.6 is 0 Å². The Hall–Kier alpha value is -0.930. The molecule has 0 radical (unpaired) electrons. The zero-order chi connectivity index (χ0) is 13.9. The first-order valence-corrected chi connectivity index (χ1v) is 7.20.